The Kier molecular flexibility index (Phi) is 10.7. The summed E-state index contributed by atoms with van der Waals surface area (Å²) in [6, 6.07) is 32.8. The lowest BCUT2D eigenvalue weighted by Gasteiger charge is -2.19. The molecule has 2 aliphatic carbocycles. The highest BCUT2D eigenvalue weighted by Crippen LogP contribution is 2.34. The highest BCUT2D eigenvalue weighted by atomic mass is 16.1. The van der Waals surface area contributed by atoms with Gasteiger partial charge in [0.05, 0.1) is 11.4 Å². The number of Topliss-reactive ketones (excluding diaryl/α,β-unsaturated/α-hetero) is 2. The lowest BCUT2D eigenvalue weighted by Crippen LogP contribution is -2.08. The predicted octanol–water partition coefficient (Wildman–Crippen LogP) is 10.4. The molecule has 0 saturated heterocycles. The first-order chi connectivity index (χ1) is 23.2. The number of hydrogen-bond acceptors (Lipinski definition) is 4. The minimum Gasteiger partial charge on any atom is -0.354 e. The normalized spacial score (nSPS) is 15.2. The van der Waals surface area contributed by atoms with Crippen LogP contribution in [0, 0.1) is 27.7 Å². The van der Waals surface area contributed by atoms with E-state index in [4.69, 9.17) is 0 Å². The second kappa shape index (κ2) is 15.2. The number of aryl methyl sites for hydroxylation is 4. The van der Waals surface area contributed by atoms with Crippen molar-refractivity contribution in [1.82, 2.24) is 0 Å². The largest absolute Gasteiger partial charge is 0.354 e. The maximum atomic E-state index is 12.0. The van der Waals surface area contributed by atoms with E-state index in [0.717, 1.165) is 56.2 Å². The molecule has 2 aliphatic rings. The van der Waals surface area contributed by atoms with Crippen LogP contribution in [-0.4, -0.2) is 11.6 Å². The number of ketones is 2. The van der Waals surface area contributed by atoms with Gasteiger partial charge in [0.2, 0.25) is 0 Å². The molecular weight excluding hydrogens is 588 g/mol. The molecule has 4 heteroatoms. The van der Waals surface area contributed by atoms with Crippen LogP contribution in [0.15, 0.2) is 156 Å². The zero-order chi connectivity index (χ0) is 34.2. The first kappa shape index (κ1) is 33.6. The maximum absolute atomic E-state index is 12.0. The van der Waals surface area contributed by atoms with Crippen molar-refractivity contribution in [3.8, 4) is 0 Å². The van der Waals surface area contributed by atoms with E-state index >= 15 is 0 Å². The first-order valence-electron chi connectivity index (χ1n) is 16.2. The standard InChI is InChI=1S/2C22H21NO/c2*1-15-9-7-10-16(2)21(15)23-22(18-11-5-4-6-12-18)20-14-8-13-19(20)17(3)24/h2*4-14,23H,1-3H3/b2*22-20-. The first-order valence-corrected chi connectivity index (χ1v) is 16.2. The second-order valence-corrected chi connectivity index (χ2v) is 12.1. The summed E-state index contributed by atoms with van der Waals surface area (Å²) in [6.07, 6.45) is 11.6. The Bertz CT molecular complexity index is 1850. The molecule has 0 atom stereocenters. The average Bonchev–Trinajstić information content (AvgIpc) is 3.77. The minimum atomic E-state index is 0.0757. The van der Waals surface area contributed by atoms with Crippen LogP contribution in [0.3, 0.4) is 0 Å². The molecule has 0 saturated carbocycles. The van der Waals surface area contributed by atoms with E-state index in [9.17, 15) is 9.59 Å². The van der Waals surface area contributed by atoms with Crippen molar-refractivity contribution >= 4 is 34.3 Å². The lowest BCUT2D eigenvalue weighted by molar-refractivity contribution is -0.114. The molecule has 0 aromatic heterocycles. The number of rotatable bonds is 8. The fourth-order valence-electron chi connectivity index (χ4n) is 5.96. The number of anilines is 2. The molecule has 0 spiro atoms. The molecule has 0 fully saturated rings. The molecule has 240 valence electrons. The molecule has 4 aromatic rings. The summed E-state index contributed by atoms with van der Waals surface area (Å²) >= 11 is 0. The van der Waals surface area contributed by atoms with Gasteiger partial charge in [-0.15, -0.1) is 0 Å². The van der Waals surface area contributed by atoms with Gasteiger partial charge in [0.1, 0.15) is 0 Å². The van der Waals surface area contributed by atoms with Gasteiger partial charge in [-0.2, -0.15) is 0 Å². The Morgan fingerprint density at radius 3 is 1.10 bits per heavy atom. The predicted molar refractivity (Wildman–Crippen MR) is 202 cm³/mol. The highest BCUT2D eigenvalue weighted by molar-refractivity contribution is 6.05. The summed E-state index contributed by atoms with van der Waals surface area (Å²) in [4.78, 5) is 24.0. The molecule has 0 unspecified atom stereocenters. The van der Waals surface area contributed by atoms with Gasteiger partial charge in [-0.1, -0.05) is 134 Å². The molecule has 2 N–H and O–H groups in total. The van der Waals surface area contributed by atoms with Crippen molar-refractivity contribution in [1.29, 1.82) is 0 Å². The van der Waals surface area contributed by atoms with Gasteiger partial charge >= 0.3 is 0 Å². The van der Waals surface area contributed by atoms with Crippen molar-refractivity contribution in [2.75, 3.05) is 10.6 Å². The molecule has 0 radical (unpaired) electrons. The molecule has 0 heterocycles. The van der Waals surface area contributed by atoms with Crippen molar-refractivity contribution < 1.29 is 9.59 Å². The molecule has 6 rings (SSSR count). The van der Waals surface area contributed by atoms with E-state index in [1.807, 2.05) is 72.9 Å². The van der Waals surface area contributed by atoms with E-state index in [0.29, 0.717) is 0 Å². The van der Waals surface area contributed by atoms with Gasteiger partial charge in [-0.25, -0.2) is 0 Å². The third-order valence-corrected chi connectivity index (χ3v) is 8.52. The van der Waals surface area contributed by atoms with Gasteiger partial charge in [0.15, 0.2) is 11.6 Å². The third kappa shape index (κ3) is 7.62. The van der Waals surface area contributed by atoms with Crippen molar-refractivity contribution in [3.63, 3.8) is 0 Å². The summed E-state index contributed by atoms with van der Waals surface area (Å²) in [5.74, 6) is 0.151. The second-order valence-electron chi connectivity index (χ2n) is 12.1. The zero-order valence-electron chi connectivity index (χ0n) is 28.5. The molecule has 0 bridgehead atoms. The molecular formula is C44H42N2O2. The van der Waals surface area contributed by atoms with E-state index in [1.54, 1.807) is 13.8 Å². The summed E-state index contributed by atoms with van der Waals surface area (Å²) in [7, 11) is 0. The van der Waals surface area contributed by atoms with Crippen molar-refractivity contribution in [3.05, 3.63) is 189 Å². The van der Waals surface area contributed by atoms with Crippen LogP contribution in [-0.2, 0) is 9.59 Å². The van der Waals surface area contributed by atoms with Crippen LogP contribution in [0.25, 0.3) is 11.4 Å². The van der Waals surface area contributed by atoms with Crippen LogP contribution in [0.2, 0.25) is 0 Å². The minimum absolute atomic E-state index is 0.0757. The van der Waals surface area contributed by atoms with Crippen LogP contribution in [0.4, 0.5) is 11.4 Å². The van der Waals surface area contributed by atoms with Gasteiger partial charge in [-0.3, -0.25) is 9.59 Å². The van der Waals surface area contributed by atoms with Gasteiger partial charge in [-0.05, 0) is 74.9 Å². The van der Waals surface area contributed by atoms with E-state index < -0.39 is 0 Å². The Labute approximate surface area is 284 Å². The summed E-state index contributed by atoms with van der Waals surface area (Å²) in [5, 5.41) is 7.19. The monoisotopic (exact) mass is 630 g/mol. The summed E-state index contributed by atoms with van der Waals surface area (Å²) in [6.45, 7) is 11.6. The Hall–Kier alpha value is -5.74. The van der Waals surface area contributed by atoms with Crippen LogP contribution >= 0.6 is 0 Å². The highest BCUT2D eigenvalue weighted by Gasteiger charge is 2.20. The fraction of sp³-hybridized carbons (Fsp3) is 0.136. The smallest absolute Gasteiger partial charge is 0.160 e. The number of benzene rings is 4. The number of carbonyl (C=O) groups is 2. The Morgan fingerprint density at radius 1 is 0.458 bits per heavy atom. The molecule has 0 amide bonds. The molecule has 4 aromatic carbocycles. The van der Waals surface area contributed by atoms with Crippen LogP contribution in [0.5, 0.6) is 0 Å². The lowest BCUT2D eigenvalue weighted by atomic mass is 9.98. The Morgan fingerprint density at radius 2 is 0.792 bits per heavy atom. The number of hydrogen-bond donors (Lipinski definition) is 2. The van der Waals surface area contributed by atoms with Gasteiger partial charge < -0.3 is 10.6 Å². The van der Waals surface area contributed by atoms with Crippen molar-refractivity contribution in [2.24, 2.45) is 0 Å². The molecule has 48 heavy (non-hydrogen) atoms. The van der Waals surface area contributed by atoms with E-state index in [2.05, 4.69) is 99.0 Å². The topological polar surface area (TPSA) is 58.2 Å². The summed E-state index contributed by atoms with van der Waals surface area (Å²) in [5.41, 5.74) is 14.3. The number of nitrogens with one attached hydrogen (secondary N) is 2. The zero-order valence-corrected chi connectivity index (χ0v) is 28.5. The van der Waals surface area contributed by atoms with Gasteiger partial charge in [0, 0.05) is 33.7 Å². The molecule has 0 aliphatic heterocycles. The summed E-state index contributed by atoms with van der Waals surface area (Å²) < 4.78 is 0. The van der Waals surface area contributed by atoms with E-state index in [1.165, 1.54) is 22.3 Å². The number of carbonyl (C=O) groups excluding carboxylic acids is 2. The maximum Gasteiger partial charge on any atom is 0.160 e. The Balaban J connectivity index is 0.000000188. The fourth-order valence-corrected chi connectivity index (χ4v) is 5.96. The van der Waals surface area contributed by atoms with Crippen molar-refractivity contribution in [2.45, 2.75) is 41.5 Å². The average molecular weight is 631 g/mol. The van der Waals surface area contributed by atoms with Gasteiger partial charge in [0.25, 0.3) is 0 Å². The quantitative estimate of drug-likeness (QED) is 0.203. The molecule has 4 nitrogen and oxygen atoms in total. The SMILES string of the molecule is CC(=O)C1=CC=C/C1=C(/Nc1c(C)cccc1C)c1ccccc1.CC(=O)C1=CC=C/C1=C(/Nc1c(C)cccc1C)c1ccccc1. The van der Waals surface area contributed by atoms with E-state index in [-0.39, 0.29) is 11.6 Å². The van der Waals surface area contributed by atoms with Crippen LogP contribution < -0.4 is 10.6 Å². The number of para-hydroxylation sites is 2. The third-order valence-electron chi connectivity index (χ3n) is 8.52. The number of allylic oxidation sites excluding steroid dienone is 10. The van der Waals surface area contributed by atoms with Crippen LogP contribution in [0.1, 0.15) is 47.2 Å².